The molecule has 3 rings (SSSR count). The topological polar surface area (TPSA) is 70.1 Å². The number of carbonyl (C=O) groups excluding carboxylic acids is 2. The van der Waals surface area contributed by atoms with Crippen molar-refractivity contribution in [2.45, 2.75) is 38.3 Å². The number of para-hydroxylation sites is 2. The quantitative estimate of drug-likeness (QED) is 0.855. The number of hydrogen-bond acceptors (Lipinski definition) is 4. The van der Waals surface area contributed by atoms with Gasteiger partial charge in [-0.05, 0) is 31.9 Å². The Bertz CT molecular complexity index is 600. The number of aliphatic hydroxyl groups is 1. The van der Waals surface area contributed by atoms with E-state index in [1.54, 1.807) is 16.7 Å². The minimum Gasteiger partial charge on any atom is -0.479 e. The number of fused-ring (bicyclic) bond motifs is 1. The fraction of sp³-hybridized carbons (Fsp3) is 0.529. The van der Waals surface area contributed by atoms with Gasteiger partial charge in [-0.15, -0.1) is 0 Å². The molecule has 1 aliphatic heterocycles. The van der Waals surface area contributed by atoms with E-state index in [9.17, 15) is 9.59 Å². The number of anilines is 1. The molecule has 6 nitrogen and oxygen atoms in total. The molecule has 0 bridgehead atoms. The molecule has 0 saturated heterocycles. The van der Waals surface area contributed by atoms with E-state index in [4.69, 9.17) is 9.84 Å². The van der Waals surface area contributed by atoms with Crippen LogP contribution in [0, 0.1) is 0 Å². The van der Waals surface area contributed by atoms with Crippen molar-refractivity contribution >= 4 is 17.5 Å². The highest BCUT2D eigenvalue weighted by molar-refractivity contribution is 6.00. The number of benzene rings is 1. The Morgan fingerprint density at radius 1 is 1.39 bits per heavy atom. The van der Waals surface area contributed by atoms with Crippen LogP contribution in [0.5, 0.6) is 5.75 Å². The molecule has 124 valence electrons. The molecule has 0 radical (unpaired) electrons. The Balaban J connectivity index is 1.69. The van der Waals surface area contributed by atoms with Crippen LogP contribution in [0.25, 0.3) is 0 Å². The van der Waals surface area contributed by atoms with Crippen molar-refractivity contribution in [1.82, 2.24) is 4.90 Å². The Hall–Kier alpha value is -2.08. The Morgan fingerprint density at radius 3 is 2.83 bits per heavy atom. The van der Waals surface area contributed by atoms with E-state index in [2.05, 4.69) is 0 Å². The van der Waals surface area contributed by atoms with Crippen LogP contribution < -0.4 is 9.64 Å². The molecule has 6 heteroatoms. The van der Waals surface area contributed by atoms with Crippen LogP contribution >= 0.6 is 0 Å². The standard InChI is InChI=1S/C17H22N2O4/c1-12-17(22)19(14-4-2-3-5-15(14)23-12)9-8-16(21)18(10-11-20)13-6-7-13/h2-5,12-13,20H,6-11H2,1H3. The van der Waals surface area contributed by atoms with E-state index in [0.29, 0.717) is 24.5 Å². The summed E-state index contributed by atoms with van der Waals surface area (Å²) in [6.07, 6.45) is 1.71. The highest BCUT2D eigenvalue weighted by Crippen LogP contribution is 2.34. The summed E-state index contributed by atoms with van der Waals surface area (Å²) < 4.78 is 5.60. The number of rotatable bonds is 6. The first-order chi connectivity index (χ1) is 11.1. The average molecular weight is 318 g/mol. The molecule has 1 atom stereocenters. The number of ether oxygens (including phenoxy) is 1. The van der Waals surface area contributed by atoms with E-state index in [1.165, 1.54) is 0 Å². The van der Waals surface area contributed by atoms with Crippen molar-refractivity contribution in [2.24, 2.45) is 0 Å². The molecular formula is C17H22N2O4. The third-order valence-electron chi connectivity index (χ3n) is 4.27. The summed E-state index contributed by atoms with van der Waals surface area (Å²) in [6, 6.07) is 7.63. The molecular weight excluding hydrogens is 296 g/mol. The number of hydrogen-bond donors (Lipinski definition) is 1. The lowest BCUT2D eigenvalue weighted by atomic mass is 10.1. The second kappa shape index (κ2) is 6.58. The van der Waals surface area contributed by atoms with E-state index < -0.39 is 6.10 Å². The Labute approximate surface area is 135 Å². The van der Waals surface area contributed by atoms with E-state index in [0.717, 1.165) is 12.8 Å². The van der Waals surface area contributed by atoms with Crippen LogP contribution in [0.4, 0.5) is 5.69 Å². The van der Waals surface area contributed by atoms with E-state index in [1.807, 2.05) is 24.3 Å². The lowest BCUT2D eigenvalue weighted by Crippen LogP contribution is -2.46. The zero-order valence-corrected chi connectivity index (χ0v) is 13.3. The molecule has 1 saturated carbocycles. The summed E-state index contributed by atoms with van der Waals surface area (Å²) in [6.45, 7) is 2.39. The summed E-state index contributed by atoms with van der Waals surface area (Å²) in [4.78, 5) is 28.1. The lowest BCUT2D eigenvalue weighted by molar-refractivity contribution is -0.132. The predicted molar refractivity (Wildman–Crippen MR) is 85.3 cm³/mol. The second-order valence-corrected chi connectivity index (χ2v) is 6.01. The van der Waals surface area contributed by atoms with Crippen LogP contribution in [0.1, 0.15) is 26.2 Å². The molecule has 23 heavy (non-hydrogen) atoms. The Kier molecular flexibility index (Phi) is 4.52. The molecule has 1 fully saturated rings. The third-order valence-corrected chi connectivity index (χ3v) is 4.27. The molecule has 1 unspecified atom stereocenters. The van der Waals surface area contributed by atoms with Crippen molar-refractivity contribution in [3.63, 3.8) is 0 Å². The first-order valence-corrected chi connectivity index (χ1v) is 8.09. The van der Waals surface area contributed by atoms with E-state index >= 15 is 0 Å². The smallest absolute Gasteiger partial charge is 0.267 e. The van der Waals surface area contributed by atoms with Crippen LogP contribution in [-0.2, 0) is 9.59 Å². The van der Waals surface area contributed by atoms with Gasteiger partial charge in [0.1, 0.15) is 5.75 Å². The molecule has 2 amide bonds. The summed E-state index contributed by atoms with van der Waals surface area (Å²) in [5, 5.41) is 9.11. The van der Waals surface area contributed by atoms with Crippen LogP contribution in [0.3, 0.4) is 0 Å². The van der Waals surface area contributed by atoms with Crippen LogP contribution in [-0.4, -0.2) is 53.7 Å². The zero-order chi connectivity index (χ0) is 16.4. The minimum atomic E-state index is -0.544. The largest absolute Gasteiger partial charge is 0.479 e. The molecule has 1 aromatic carbocycles. The third kappa shape index (κ3) is 3.32. The molecule has 1 aromatic rings. The SMILES string of the molecule is CC1Oc2ccccc2N(CCC(=O)N(CCO)C2CC2)C1=O. The predicted octanol–water partition coefficient (Wildman–Crippen LogP) is 1.17. The van der Waals surface area contributed by atoms with E-state index in [-0.39, 0.29) is 30.9 Å². The number of nitrogens with zero attached hydrogens (tertiary/aromatic N) is 2. The molecule has 2 aliphatic rings. The monoisotopic (exact) mass is 318 g/mol. The highest BCUT2D eigenvalue weighted by atomic mass is 16.5. The van der Waals surface area contributed by atoms with Gasteiger partial charge in [0.2, 0.25) is 5.91 Å². The minimum absolute atomic E-state index is 0.00836. The van der Waals surface area contributed by atoms with Crippen molar-refractivity contribution in [1.29, 1.82) is 0 Å². The average Bonchev–Trinajstić information content (AvgIpc) is 3.37. The van der Waals surface area contributed by atoms with Crippen molar-refractivity contribution in [3.8, 4) is 5.75 Å². The number of aliphatic hydroxyl groups excluding tert-OH is 1. The van der Waals surface area contributed by atoms with Crippen LogP contribution in [0.15, 0.2) is 24.3 Å². The zero-order valence-electron chi connectivity index (χ0n) is 13.3. The molecule has 1 N–H and O–H groups in total. The molecule has 0 spiro atoms. The highest BCUT2D eigenvalue weighted by Gasteiger charge is 2.34. The molecule has 1 aliphatic carbocycles. The van der Waals surface area contributed by atoms with Gasteiger partial charge in [0, 0.05) is 25.6 Å². The van der Waals surface area contributed by atoms with Gasteiger partial charge in [-0.3, -0.25) is 9.59 Å². The van der Waals surface area contributed by atoms with Crippen molar-refractivity contribution in [2.75, 3.05) is 24.6 Å². The Morgan fingerprint density at radius 2 is 2.13 bits per heavy atom. The molecule has 1 heterocycles. The lowest BCUT2D eigenvalue weighted by Gasteiger charge is -2.33. The maximum Gasteiger partial charge on any atom is 0.267 e. The van der Waals surface area contributed by atoms with Gasteiger partial charge in [-0.1, -0.05) is 12.1 Å². The van der Waals surface area contributed by atoms with Crippen molar-refractivity contribution in [3.05, 3.63) is 24.3 Å². The molecule has 0 aromatic heterocycles. The second-order valence-electron chi connectivity index (χ2n) is 6.01. The van der Waals surface area contributed by atoms with Crippen molar-refractivity contribution < 1.29 is 19.4 Å². The summed E-state index contributed by atoms with van der Waals surface area (Å²) >= 11 is 0. The van der Waals surface area contributed by atoms with Gasteiger partial charge in [0.25, 0.3) is 5.91 Å². The first-order valence-electron chi connectivity index (χ1n) is 8.09. The number of amides is 2. The summed E-state index contributed by atoms with van der Waals surface area (Å²) in [5.74, 6) is 0.532. The number of carbonyl (C=O) groups is 2. The first kappa shape index (κ1) is 15.8. The van der Waals surface area contributed by atoms with Gasteiger partial charge in [0.15, 0.2) is 6.10 Å². The van der Waals surface area contributed by atoms with Gasteiger partial charge in [0.05, 0.1) is 12.3 Å². The van der Waals surface area contributed by atoms with Gasteiger partial charge in [-0.25, -0.2) is 0 Å². The maximum atomic E-state index is 12.4. The fourth-order valence-electron chi connectivity index (χ4n) is 2.95. The van der Waals surface area contributed by atoms with Crippen LogP contribution in [0.2, 0.25) is 0 Å². The maximum absolute atomic E-state index is 12.4. The van der Waals surface area contributed by atoms with Gasteiger partial charge < -0.3 is 19.6 Å². The normalized spacial score (nSPS) is 20.0. The summed E-state index contributed by atoms with van der Waals surface area (Å²) in [5.41, 5.74) is 0.712. The fourth-order valence-corrected chi connectivity index (χ4v) is 2.95. The summed E-state index contributed by atoms with van der Waals surface area (Å²) in [7, 11) is 0. The van der Waals surface area contributed by atoms with Gasteiger partial charge >= 0.3 is 0 Å². The van der Waals surface area contributed by atoms with Gasteiger partial charge in [-0.2, -0.15) is 0 Å².